The largest absolute Gasteiger partial charge is 0.493 e. The van der Waals surface area contributed by atoms with Crippen molar-refractivity contribution in [3.05, 3.63) is 52.6 Å². The van der Waals surface area contributed by atoms with Gasteiger partial charge in [0, 0.05) is 28.8 Å². The van der Waals surface area contributed by atoms with Gasteiger partial charge in [0.15, 0.2) is 11.5 Å². The Morgan fingerprint density at radius 1 is 0.919 bits per heavy atom. The van der Waals surface area contributed by atoms with Crippen LogP contribution in [0.1, 0.15) is 61.6 Å². The number of nitrogens with zero attached hydrogens (tertiary/aromatic N) is 1. The fourth-order valence-electron chi connectivity index (χ4n) is 6.07. The summed E-state index contributed by atoms with van der Waals surface area (Å²) in [7, 11) is 3.09. The first-order valence-electron chi connectivity index (χ1n) is 13.1. The van der Waals surface area contributed by atoms with E-state index in [0.717, 1.165) is 67.2 Å². The summed E-state index contributed by atoms with van der Waals surface area (Å²) in [4.78, 5) is 17.7. The smallest absolute Gasteiger partial charge is 0.437 e. The fraction of sp³-hybridized carbons (Fsp3) is 0.448. The summed E-state index contributed by atoms with van der Waals surface area (Å²) in [6.45, 7) is 0. The predicted octanol–water partition coefficient (Wildman–Crippen LogP) is 6.03. The molecule has 0 unspecified atom stereocenters. The van der Waals surface area contributed by atoms with Gasteiger partial charge in [-0.1, -0.05) is 6.42 Å². The number of aryl methyl sites for hydroxylation is 2. The van der Waals surface area contributed by atoms with Crippen LogP contribution in [0.5, 0.6) is 17.2 Å². The van der Waals surface area contributed by atoms with Gasteiger partial charge in [0.05, 0.1) is 14.2 Å². The molecular weight excluding hydrogens is 472 g/mol. The van der Waals surface area contributed by atoms with E-state index < -0.39 is 6.09 Å². The van der Waals surface area contributed by atoms with Crippen LogP contribution in [0.2, 0.25) is 0 Å². The molecule has 2 heterocycles. The fourth-order valence-corrected chi connectivity index (χ4v) is 6.07. The average Bonchev–Trinajstić information content (AvgIpc) is 3.42. The van der Waals surface area contributed by atoms with Gasteiger partial charge in [0.2, 0.25) is 0 Å². The highest BCUT2D eigenvalue weighted by molar-refractivity contribution is 5.85. The van der Waals surface area contributed by atoms with E-state index in [1.165, 1.54) is 37.5 Å². The zero-order chi connectivity index (χ0) is 25.4. The molecule has 2 aliphatic carbocycles. The summed E-state index contributed by atoms with van der Waals surface area (Å²) in [5, 5.41) is 7.90. The molecule has 0 atom stereocenters. The Balaban J connectivity index is 1.28. The van der Waals surface area contributed by atoms with E-state index in [-0.39, 0.29) is 5.60 Å². The molecular formula is C29H32N2O6. The van der Waals surface area contributed by atoms with Gasteiger partial charge in [0.25, 0.3) is 5.55 Å². The molecule has 1 N–H and O–H groups in total. The molecule has 0 bridgehead atoms. The molecule has 1 aliphatic heterocycles. The van der Waals surface area contributed by atoms with Crippen LogP contribution in [0, 0.1) is 0 Å². The third-order valence-electron chi connectivity index (χ3n) is 7.95. The SMILES string of the molecule is COc1ccc(NC(=O)O/N=c2\oc3cc4c(cc3c3c2CCC3)CCC2(CCCCC2)O4)cc1OC. The highest BCUT2D eigenvalue weighted by atomic mass is 16.7. The Bertz CT molecular complexity index is 1420. The molecule has 0 radical (unpaired) electrons. The second kappa shape index (κ2) is 9.65. The van der Waals surface area contributed by atoms with Gasteiger partial charge in [-0.15, -0.1) is 0 Å². The third-order valence-corrected chi connectivity index (χ3v) is 7.95. The number of hydrogen-bond donors (Lipinski definition) is 1. The van der Waals surface area contributed by atoms with Crippen LogP contribution in [0.25, 0.3) is 11.0 Å². The summed E-state index contributed by atoms with van der Waals surface area (Å²) in [6, 6.07) is 9.31. The quantitative estimate of drug-likeness (QED) is 0.345. The maximum atomic E-state index is 12.5. The molecule has 2 aromatic carbocycles. The number of amides is 1. The van der Waals surface area contributed by atoms with Crippen molar-refractivity contribution in [3.8, 4) is 17.2 Å². The van der Waals surface area contributed by atoms with Crippen molar-refractivity contribution < 1.29 is 28.3 Å². The summed E-state index contributed by atoms with van der Waals surface area (Å²) in [5.41, 5.74) is 5.01. The Morgan fingerprint density at radius 3 is 2.54 bits per heavy atom. The van der Waals surface area contributed by atoms with E-state index in [4.69, 9.17) is 23.5 Å². The molecule has 8 nitrogen and oxygen atoms in total. The maximum absolute atomic E-state index is 12.5. The number of rotatable bonds is 4. The zero-order valence-corrected chi connectivity index (χ0v) is 21.4. The molecule has 3 aromatic rings. The Kier molecular flexibility index (Phi) is 6.18. The minimum Gasteiger partial charge on any atom is -0.493 e. The standard InChI is InChI=1S/C29H32N2O6/c1-33-23-10-9-19(16-26(23)34-2)30-28(32)37-31-27-21-8-6-7-20(21)22-15-18-11-14-29(12-4-3-5-13-29)36-24(18)17-25(22)35-27/h9-10,15-17H,3-8,11-14H2,1-2H3,(H,30,32)/b31-27-. The van der Waals surface area contributed by atoms with Crippen LogP contribution >= 0.6 is 0 Å². The first-order valence-corrected chi connectivity index (χ1v) is 13.1. The molecule has 1 fully saturated rings. The van der Waals surface area contributed by atoms with Gasteiger partial charge in [-0.3, -0.25) is 10.2 Å². The number of hydrogen-bond acceptors (Lipinski definition) is 7. The van der Waals surface area contributed by atoms with Gasteiger partial charge in [-0.05, 0) is 92.3 Å². The first-order chi connectivity index (χ1) is 18.1. The van der Waals surface area contributed by atoms with Crippen molar-refractivity contribution in [2.75, 3.05) is 19.5 Å². The number of nitrogens with one attached hydrogen (secondary N) is 1. The summed E-state index contributed by atoms with van der Waals surface area (Å²) in [6.07, 6.45) is 10.2. The number of ether oxygens (including phenoxy) is 3. The lowest BCUT2D eigenvalue weighted by Crippen LogP contribution is -2.41. The highest BCUT2D eigenvalue weighted by Gasteiger charge is 2.38. The molecule has 8 heteroatoms. The molecule has 6 rings (SSSR count). The molecule has 0 saturated heterocycles. The Hall–Kier alpha value is -3.68. The number of anilines is 1. The Morgan fingerprint density at radius 2 is 1.73 bits per heavy atom. The average molecular weight is 505 g/mol. The number of fused-ring (bicyclic) bond motifs is 4. The first kappa shape index (κ1) is 23.7. The highest BCUT2D eigenvalue weighted by Crippen LogP contribution is 2.43. The minimum atomic E-state index is -0.720. The van der Waals surface area contributed by atoms with Crippen LogP contribution in [-0.2, 0) is 24.1 Å². The minimum absolute atomic E-state index is 0.0335. The van der Waals surface area contributed by atoms with Gasteiger partial charge >= 0.3 is 6.09 Å². The maximum Gasteiger partial charge on any atom is 0.437 e. The van der Waals surface area contributed by atoms with Crippen molar-refractivity contribution in [2.24, 2.45) is 5.16 Å². The molecule has 194 valence electrons. The zero-order valence-electron chi connectivity index (χ0n) is 21.4. The van der Waals surface area contributed by atoms with E-state index in [1.54, 1.807) is 25.3 Å². The summed E-state index contributed by atoms with van der Waals surface area (Å²) >= 11 is 0. The van der Waals surface area contributed by atoms with Crippen molar-refractivity contribution in [1.29, 1.82) is 0 Å². The molecule has 1 spiro atoms. The lowest BCUT2D eigenvalue weighted by Gasteiger charge is -2.41. The topological polar surface area (TPSA) is 91.5 Å². The van der Waals surface area contributed by atoms with E-state index in [0.29, 0.717) is 22.7 Å². The van der Waals surface area contributed by atoms with E-state index in [9.17, 15) is 4.79 Å². The van der Waals surface area contributed by atoms with E-state index >= 15 is 0 Å². The van der Waals surface area contributed by atoms with Crippen LogP contribution in [0.15, 0.2) is 39.9 Å². The van der Waals surface area contributed by atoms with Gasteiger partial charge in [-0.2, -0.15) is 0 Å². The Labute approximate surface area is 215 Å². The van der Waals surface area contributed by atoms with Crippen molar-refractivity contribution in [3.63, 3.8) is 0 Å². The molecule has 1 saturated carbocycles. The lowest BCUT2D eigenvalue weighted by atomic mass is 9.79. The number of benzene rings is 2. The normalized spacial score (nSPS) is 18.2. The number of methoxy groups -OCH3 is 2. The lowest BCUT2D eigenvalue weighted by molar-refractivity contribution is 0.0109. The van der Waals surface area contributed by atoms with Crippen LogP contribution in [0.3, 0.4) is 0 Å². The van der Waals surface area contributed by atoms with Crippen molar-refractivity contribution in [2.45, 2.75) is 69.8 Å². The van der Waals surface area contributed by atoms with Gasteiger partial charge in [-0.25, -0.2) is 4.79 Å². The van der Waals surface area contributed by atoms with Crippen molar-refractivity contribution >= 4 is 22.7 Å². The molecule has 37 heavy (non-hydrogen) atoms. The van der Waals surface area contributed by atoms with Gasteiger partial charge < -0.3 is 18.6 Å². The van der Waals surface area contributed by atoms with Gasteiger partial charge in [0.1, 0.15) is 16.9 Å². The second-order valence-corrected chi connectivity index (χ2v) is 10.2. The predicted molar refractivity (Wildman–Crippen MR) is 138 cm³/mol. The van der Waals surface area contributed by atoms with E-state index in [2.05, 4.69) is 16.5 Å². The second-order valence-electron chi connectivity index (χ2n) is 10.2. The van der Waals surface area contributed by atoms with Crippen LogP contribution in [-0.4, -0.2) is 25.9 Å². The molecule has 1 amide bonds. The third kappa shape index (κ3) is 4.49. The number of carbonyl (C=O) groups excluding carboxylic acids is 1. The van der Waals surface area contributed by atoms with E-state index in [1.807, 2.05) is 6.07 Å². The molecule has 1 aromatic heterocycles. The number of carbonyl (C=O) groups is 1. The van der Waals surface area contributed by atoms with Crippen molar-refractivity contribution in [1.82, 2.24) is 0 Å². The monoisotopic (exact) mass is 504 g/mol. The summed E-state index contributed by atoms with van der Waals surface area (Å²) < 4.78 is 23.4. The van der Waals surface area contributed by atoms with Crippen LogP contribution < -0.4 is 25.1 Å². The molecule has 3 aliphatic rings. The summed E-state index contributed by atoms with van der Waals surface area (Å²) in [5.74, 6) is 1.98. The van der Waals surface area contributed by atoms with Crippen LogP contribution in [0.4, 0.5) is 10.5 Å².